The van der Waals surface area contributed by atoms with Crippen molar-refractivity contribution in [2.75, 3.05) is 0 Å². The Hall–Kier alpha value is -0.890. The lowest BCUT2D eigenvalue weighted by Gasteiger charge is -2.07. The summed E-state index contributed by atoms with van der Waals surface area (Å²) in [6.45, 7) is 3.67. The minimum absolute atomic E-state index is 0.0735. The van der Waals surface area contributed by atoms with E-state index in [9.17, 15) is 4.39 Å². The van der Waals surface area contributed by atoms with Crippen molar-refractivity contribution in [2.45, 2.75) is 12.5 Å². The van der Waals surface area contributed by atoms with Crippen LogP contribution >= 0.6 is 0 Å². The van der Waals surface area contributed by atoms with Gasteiger partial charge in [0.05, 0.1) is 0 Å². The molecular formula is C9H11FN. The Morgan fingerprint density at radius 3 is 2.36 bits per heavy atom. The van der Waals surface area contributed by atoms with Crippen LogP contribution in [0.3, 0.4) is 0 Å². The largest absolute Gasteiger partial charge is 0.324 e. The summed E-state index contributed by atoms with van der Waals surface area (Å²) >= 11 is 0. The topological polar surface area (TPSA) is 26.0 Å². The van der Waals surface area contributed by atoms with Crippen LogP contribution in [0.25, 0.3) is 0 Å². The summed E-state index contributed by atoms with van der Waals surface area (Å²) in [4.78, 5) is 0. The highest BCUT2D eigenvalue weighted by atomic mass is 19.1. The minimum atomic E-state index is -0.231. The number of nitrogens with two attached hydrogens (primary N) is 1. The smallest absolute Gasteiger partial charge is 0.123 e. The molecule has 0 aliphatic rings. The molecule has 11 heavy (non-hydrogen) atoms. The van der Waals surface area contributed by atoms with Crippen molar-refractivity contribution in [1.82, 2.24) is 0 Å². The predicted octanol–water partition coefficient (Wildman–Crippen LogP) is 2.05. The van der Waals surface area contributed by atoms with Crippen molar-refractivity contribution >= 4 is 0 Å². The maximum Gasteiger partial charge on any atom is 0.123 e. The number of halogens is 1. The van der Waals surface area contributed by atoms with Gasteiger partial charge in [0, 0.05) is 6.04 Å². The average molecular weight is 152 g/mol. The van der Waals surface area contributed by atoms with Gasteiger partial charge in [-0.25, -0.2) is 4.39 Å². The van der Waals surface area contributed by atoms with Crippen molar-refractivity contribution in [3.8, 4) is 0 Å². The van der Waals surface area contributed by atoms with Crippen LogP contribution < -0.4 is 5.73 Å². The molecule has 0 saturated carbocycles. The molecule has 0 bridgehead atoms. The summed E-state index contributed by atoms with van der Waals surface area (Å²) in [7, 11) is 0. The Morgan fingerprint density at radius 2 is 1.91 bits per heavy atom. The van der Waals surface area contributed by atoms with Crippen LogP contribution in [-0.2, 0) is 0 Å². The zero-order valence-electron chi connectivity index (χ0n) is 6.26. The molecule has 1 rings (SSSR count). The van der Waals surface area contributed by atoms with Gasteiger partial charge in [0.1, 0.15) is 5.82 Å². The summed E-state index contributed by atoms with van der Waals surface area (Å²) in [5.41, 5.74) is 6.59. The van der Waals surface area contributed by atoms with Gasteiger partial charge in [-0.2, -0.15) is 0 Å². The molecule has 59 valence electrons. The van der Waals surface area contributed by atoms with Gasteiger partial charge in [0.25, 0.3) is 0 Å². The maximum absolute atomic E-state index is 12.4. The molecular weight excluding hydrogens is 141 g/mol. The maximum atomic E-state index is 12.4. The Morgan fingerprint density at radius 1 is 1.36 bits per heavy atom. The van der Waals surface area contributed by atoms with Gasteiger partial charge in [-0.1, -0.05) is 19.1 Å². The van der Waals surface area contributed by atoms with Crippen LogP contribution in [0.1, 0.15) is 18.0 Å². The third-order valence-electron chi connectivity index (χ3n) is 1.61. The van der Waals surface area contributed by atoms with Crippen molar-refractivity contribution in [3.63, 3.8) is 0 Å². The highest BCUT2D eigenvalue weighted by molar-refractivity contribution is 5.19. The van der Waals surface area contributed by atoms with E-state index >= 15 is 0 Å². The number of rotatable bonds is 2. The van der Waals surface area contributed by atoms with E-state index in [1.54, 1.807) is 12.1 Å². The van der Waals surface area contributed by atoms with Crippen LogP contribution in [0.2, 0.25) is 0 Å². The average Bonchev–Trinajstić information content (AvgIpc) is 2.05. The second-order valence-electron chi connectivity index (χ2n) is 2.45. The van der Waals surface area contributed by atoms with Gasteiger partial charge in [-0.15, -0.1) is 0 Å². The lowest BCUT2D eigenvalue weighted by atomic mass is 10.1. The Labute approximate surface area is 66.0 Å². The summed E-state index contributed by atoms with van der Waals surface area (Å²) in [6, 6.07) is 6.11. The molecule has 0 saturated heterocycles. The molecule has 1 unspecified atom stereocenters. The summed E-state index contributed by atoms with van der Waals surface area (Å²) in [5.74, 6) is -0.231. The van der Waals surface area contributed by atoms with E-state index in [1.165, 1.54) is 12.1 Å². The first-order valence-corrected chi connectivity index (χ1v) is 3.54. The number of hydrogen-bond acceptors (Lipinski definition) is 1. The third-order valence-corrected chi connectivity index (χ3v) is 1.61. The monoisotopic (exact) mass is 152 g/mol. The molecule has 2 N–H and O–H groups in total. The first-order chi connectivity index (χ1) is 5.24. The molecule has 0 amide bonds. The Balaban J connectivity index is 2.81. The van der Waals surface area contributed by atoms with Gasteiger partial charge in [0.2, 0.25) is 0 Å². The van der Waals surface area contributed by atoms with Crippen molar-refractivity contribution < 1.29 is 4.39 Å². The lowest BCUT2D eigenvalue weighted by Crippen LogP contribution is -2.08. The zero-order chi connectivity index (χ0) is 8.27. The molecule has 0 aromatic heterocycles. The van der Waals surface area contributed by atoms with Crippen LogP contribution in [0.4, 0.5) is 4.39 Å². The van der Waals surface area contributed by atoms with E-state index in [0.29, 0.717) is 6.42 Å². The van der Waals surface area contributed by atoms with Gasteiger partial charge in [-0.3, -0.25) is 0 Å². The van der Waals surface area contributed by atoms with Crippen LogP contribution in [0.15, 0.2) is 24.3 Å². The second kappa shape index (κ2) is 3.49. The highest BCUT2D eigenvalue weighted by Crippen LogP contribution is 2.12. The summed E-state index contributed by atoms with van der Waals surface area (Å²) < 4.78 is 12.4. The summed E-state index contributed by atoms with van der Waals surface area (Å²) in [5, 5.41) is 0. The molecule has 1 atom stereocenters. The lowest BCUT2D eigenvalue weighted by molar-refractivity contribution is 0.625. The van der Waals surface area contributed by atoms with Gasteiger partial charge < -0.3 is 5.73 Å². The Bertz CT molecular complexity index is 218. The highest BCUT2D eigenvalue weighted by Gasteiger charge is 2.01. The first-order valence-electron chi connectivity index (χ1n) is 3.54. The van der Waals surface area contributed by atoms with Crippen LogP contribution in [0, 0.1) is 12.7 Å². The van der Waals surface area contributed by atoms with Gasteiger partial charge >= 0.3 is 0 Å². The number of benzene rings is 1. The fourth-order valence-corrected chi connectivity index (χ4v) is 0.877. The van der Waals surface area contributed by atoms with Crippen molar-refractivity contribution in [3.05, 3.63) is 42.6 Å². The first kappa shape index (κ1) is 8.21. The van der Waals surface area contributed by atoms with Gasteiger partial charge in [-0.05, 0) is 24.1 Å². The van der Waals surface area contributed by atoms with E-state index in [2.05, 4.69) is 6.92 Å². The standard InChI is InChI=1S/C9H11FN/c1-2-9(11)7-3-5-8(10)6-4-7/h3-6,9H,1-2,11H2. The van der Waals surface area contributed by atoms with E-state index in [1.807, 2.05) is 0 Å². The molecule has 1 aromatic rings. The third kappa shape index (κ3) is 2.02. The molecule has 0 aliphatic carbocycles. The molecule has 1 radical (unpaired) electrons. The zero-order valence-corrected chi connectivity index (χ0v) is 6.26. The molecule has 0 spiro atoms. The molecule has 2 heteroatoms. The quantitative estimate of drug-likeness (QED) is 0.689. The van der Waals surface area contributed by atoms with E-state index in [4.69, 9.17) is 5.73 Å². The second-order valence-corrected chi connectivity index (χ2v) is 2.45. The molecule has 0 aliphatic heterocycles. The molecule has 0 heterocycles. The SMILES string of the molecule is [CH2]CC(N)c1ccc(F)cc1. The number of hydrogen-bond donors (Lipinski definition) is 1. The van der Waals surface area contributed by atoms with Crippen molar-refractivity contribution in [1.29, 1.82) is 0 Å². The summed E-state index contributed by atoms with van der Waals surface area (Å²) in [6.07, 6.45) is 0.631. The fraction of sp³-hybridized carbons (Fsp3) is 0.222. The fourth-order valence-electron chi connectivity index (χ4n) is 0.877. The molecule has 1 nitrogen and oxygen atoms in total. The van der Waals surface area contributed by atoms with E-state index < -0.39 is 0 Å². The van der Waals surface area contributed by atoms with Crippen molar-refractivity contribution in [2.24, 2.45) is 5.73 Å². The predicted molar refractivity (Wildman–Crippen MR) is 43.3 cm³/mol. The molecule has 0 fully saturated rings. The Kier molecular flexibility index (Phi) is 2.60. The van der Waals surface area contributed by atoms with Crippen LogP contribution in [-0.4, -0.2) is 0 Å². The van der Waals surface area contributed by atoms with E-state index in [-0.39, 0.29) is 11.9 Å². The molecule has 1 aromatic carbocycles. The minimum Gasteiger partial charge on any atom is -0.324 e. The van der Waals surface area contributed by atoms with Crippen LogP contribution in [0.5, 0.6) is 0 Å². The normalized spacial score (nSPS) is 13.0. The van der Waals surface area contributed by atoms with Gasteiger partial charge in [0.15, 0.2) is 0 Å². The van der Waals surface area contributed by atoms with E-state index in [0.717, 1.165) is 5.56 Å².